The van der Waals surface area contributed by atoms with Gasteiger partial charge in [-0.05, 0) is 18.2 Å². The minimum atomic E-state index is -4.61. The van der Waals surface area contributed by atoms with Gasteiger partial charge in [0.2, 0.25) is 0 Å². The van der Waals surface area contributed by atoms with Gasteiger partial charge in [-0.1, -0.05) is 0 Å². The summed E-state index contributed by atoms with van der Waals surface area (Å²) in [5.41, 5.74) is -2.23. The SMILES string of the molecule is O=C(Nc1cc(C(F)(F)F)c[nH]c1=O)c1cccnc1. The summed E-state index contributed by atoms with van der Waals surface area (Å²) in [7, 11) is 0. The lowest BCUT2D eigenvalue weighted by atomic mass is 10.2. The van der Waals surface area contributed by atoms with Gasteiger partial charge in [-0.15, -0.1) is 0 Å². The van der Waals surface area contributed by atoms with Crippen LogP contribution in [0.4, 0.5) is 18.9 Å². The van der Waals surface area contributed by atoms with Crippen molar-refractivity contribution in [1.82, 2.24) is 9.97 Å². The third-order valence-corrected chi connectivity index (χ3v) is 2.40. The van der Waals surface area contributed by atoms with Crippen LogP contribution in [0.25, 0.3) is 0 Å². The van der Waals surface area contributed by atoms with Crippen LogP contribution in [0.15, 0.2) is 41.6 Å². The Hall–Kier alpha value is -2.64. The van der Waals surface area contributed by atoms with Crippen molar-refractivity contribution in [2.75, 3.05) is 5.32 Å². The Labute approximate surface area is 110 Å². The summed E-state index contributed by atoms with van der Waals surface area (Å²) in [5.74, 6) is -0.720. The zero-order valence-corrected chi connectivity index (χ0v) is 9.86. The van der Waals surface area contributed by atoms with Crippen molar-refractivity contribution in [2.45, 2.75) is 6.18 Å². The van der Waals surface area contributed by atoms with Crippen molar-refractivity contribution in [3.8, 4) is 0 Å². The molecule has 104 valence electrons. The van der Waals surface area contributed by atoms with Gasteiger partial charge in [-0.2, -0.15) is 13.2 Å². The van der Waals surface area contributed by atoms with E-state index >= 15 is 0 Å². The van der Waals surface area contributed by atoms with Crippen molar-refractivity contribution < 1.29 is 18.0 Å². The highest BCUT2D eigenvalue weighted by Crippen LogP contribution is 2.29. The van der Waals surface area contributed by atoms with Crippen LogP contribution in [0.1, 0.15) is 15.9 Å². The summed E-state index contributed by atoms with van der Waals surface area (Å²) in [6.45, 7) is 0. The molecule has 0 saturated carbocycles. The quantitative estimate of drug-likeness (QED) is 0.885. The first-order chi connectivity index (χ1) is 9.38. The van der Waals surface area contributed by atoms with E-state index in [1.807, 2.05) is 4.98 Å². The van der Waals surface area contributed by atoms with Gasteiger partial charge in [0.05, 0.1) is 11.1 Å². The van der Waals surface area contributed by atoms with Crippen molar-refractivity contribution in [3.63, 3.8) is 0 Å². The van der Waals surface area contributed by atoms with Crippen LogP contribution in [-0.4, -0.2) is 15.9 Å². The fourth-order valence-electron chi connectivity index (χ4n) is 1.43. The van der Waals surface area contributed by atoms with Crippen LogP contribution < -0.4 is 10.9 Å². The topological polar surface area (TPSA) is 74.8 Å². The van der Waals surface area contributed by atoms with Crippen molar-refractivity contribution in [2.24, 2.45) is 0 Å². The van der Waals surface area contributed by atoms with Crippen LogP contribution >= 0.6 is 0 Å². The average Bonchev–Trinajstić information content (AvgIpc) is 2.41. The van der Waals surface area contributed by atoms with E-state index in [9.17, 15) is 22.8 Å². The molecule has 2 heterocycles. The first kappa shape index (κ1) is 13.8. The largest absolute Gasteiger partial charge is 0.417 e. The summed E-state index contributed by atoms with van der Waals surface area (Å²) < 4.78 is 37.5. The molecule has 0 aliphatic rings. The Morgan fingerprint density at radius 3 is 2.70 bits per heavy atom. The van der Waals surface area contributed by atoms with Gasteiger partial charge < -0.3 is 10.3 Å². The van der Waals surface area contributed by atoms with Crippen molar-refractivity contribution in [3.05, 3.63) is 58.3 Å². The van der Waals surface area contributed by atoms with E-state index in [1.165, 1.54) is 24.5 Å². The zero-order valence-electron chi connectivity index (χ0n) is 9.86. The molecule has 0 spiro atoms. The summed E-state index contributed by atoms with van der Waals surface area (Å²) in [6.07, 6.45) is -1.40. The Balaban J connectivity index is 2.30. The number of hydrogen-bond donors (Lipinski definition) is 2. The summed E-state index contributed by atoms with van der Waals surface area (Å²) in [5, 5.41) is 2.12. The van der Waals surface area contributed by atoms with E-state index in [4.69, 9.17) is 0 Å². The number of aromatic amines is 1. The molecule has 0 aromatic carbocycles. The number of carbonyl (C=O) groups is 1. The summed E-state index contributed by atoms with van der Waals surface area (Å²) in [4.78, 5) is 28.8. The number of rotatable bonds is 2. The molecule has 8 heteroatoms. The van der Waals surface area contributed by atoms with E-state index < -0.39 is 28.9 Å². The van der Waals surface area contributed by atoms with E-state index in [-0.39, 0.29) is 5.56 Å². The smallest absolute Gasteiger partial charge is 0.327 e. The summed E-state index contributed by atoms with van der Waals surface area (Å²) >= 11 is 0. The molecule has 0 aliphatic carbocycles. The van der Waals surface area contributed by atoms with Crippen LogP contribution in [0.2, 0.25) is 0 Å². The van der Waals surface area contributed by atoms with Crippen LogP contribution in [0, 0.1) is 0 Å². The highest BCUT2D eigenvalue weighted by molar-refractivity contribution is 6.03. The zero-order chi connectivity index (χ0) is 14.8. The number of carbonyl (C=O) groups excluding carboxylic acids is 1. The molecule has 5 nitrogen and oxygen atoms in total. The third-order valence-electron chi connectivity index (χ3n) is 2.40. The molecule has 0 radical (unpaired) electrons. The number of alkyl halides is 3. The number of halogens is 3. The maximum Gasteiger partial charge on any atom is 0.417 e. The average molecular weight is 283 g/mol. The Kier molecular flexibility index (Phi) is 3.55. The van der Waals surface area contributed by atoms with Gasteiger partial charge in [0, 0.05) is 18.6 Å². The maximum atomic E-state index is 12.5. The molecule has 2 aromatic heterocycles. The van der Waals surface area contributed by atoms with Gasteiger partial charge in [0.1, 0.15) is 5.69 Å². The lowest BCUT2D eigenvalue weighted by Crippen LogP contribution is -2.21. The fraction of sp³-hybridized carbons (Fsp3) is 0.0833. The maximum absolute atomic E-state index is 12.5. The number of aromatic nitrogens is 2. The van der Waals surface area contributed by atoms with Gasteiger partial charge in [-0.25, -0.2) is 0 Å². The number of hydrogen-bond acceptors (Lipinski definition) is 3. The van der Waals surface area contributed by atoms with Crippen LogP contribution in [0.3, 0.4) is 0 Å². The number of amides is 1. The highest BCUT2D eigenvalue weighted by atomic mass is 19.4. The predicted molar refractivity (Wildman–Crippen MR) is 64.3 cm³/mol. The number of anilines is 1. The van der Waals surface area contributed by atoms with Crippen LogP contribution in [0.5, 0.6) is 0 Å². The lowest BCUT2D eigenvalue weighted by molar-refractivity contribution is -0.137. The number of pyridine rings is 2. The second-order valence-corrected chi connectivity index (χ2v) is 3.82. The normalized spacial score (nSPS) is 11.2. The molecule has 0 aliphatic heterocycles. The Morgan fingerprint density at radius 2 is 2.10 bits per heavy atom. The van der Waals surface area contributed by atoms with E-state index in [1.54, 1.807) is 0 Å². The highest BCUT2D eigenvalue weighted by Gasteiger charge is 2.31. The standard InChI is InChI=1S/C12H8F3N3O2/c13-12(14,15)8-4-9(11(20)17-6-8)18-10(19)7-2-1-3-16-5-7/h1-6H,(H,17,20)(H,18,19). The number of H-pyrrole nitrogens is 1. The monoisotopic (exact) mass is 283 g/mol. The minimum Gasteiger partial charge on any atom is -0.327 e. The molecule has 0 fully saturated rings. The van der Waals surface area contributed by atoms with Crippen molar-refractivity contribution >= 4 is 11.6 Å². The molecule has 0 atom stereocenters. The first-order valence-corrected chi connectivity index (χ1v) is 5.39. The van der Waals surface area contributed by atoms with Crippen LogP contribution in [-0.2, 0) is 6.18 Å². The molecular weight excluding hydrogens is 275 g/mol. The molecule has 2 rings (SSSR count). The third kappa shape index (κ3) is 3.02. The van der Waals surface area contributed by atoms with E-state index in [0.29, 0.717) is 12.3 Å². The predicted octanol–water partition coefficient (Wildman–Crippen LogP) is 2.04. The molecule has 0 unspecified atom stereocenters. The molecule has 0 saturated heterocycles. The molecule has 2 aromatic rings. The summed E-state index contributed by atoms with van der Waals surface area (Å²) in [6, 6.07) is 3.49. The number of nitrogens with one attached hydrogen (secondary N) is 2. The lowest BCUT2D eigenvalue weighted by Gasteiger charge is -2.09. The Morgan fingerprint density at radius 1 is 1.35 bits per heavy atom. The van der Waals surface area contributed by atoms with E-state index in [0.717, 1.165) is 0 Å². The second kappa shape index (κ2) is 5.16. The molecular formula is C12H8F3N3O2. The van der Waals surface area contributed by atoms with Gasteiger partial charge in [-0.3, -0.25) is 14.6 Å². The first-order valence-electron chi connectivity index (χ1n) is 5.39. The van der Waals surface area contributed by atoms with Crippen molar-refractivity contribution in [1.29, 1.82) is 0 Å². The molecule has 0 bridgehead atoms. The molecule has 20 heavy (non-hydrogen) atoms. The minimum absolute atomic E-state index is 0.129. The molecule has 1 amide bonds. The second-order valence-electron chi connectivity index (χ2n) is 3.82. The fourth-order valence-corrected chi connectivity index (χ4v) is 1.43. The van der Waals surface area contributed by atoms with Gasteiger partial charge in [0.15, 0.2) is 0 Å². The van der Waals surface area contributed by atoms with Gasteiger partial charge in [0.25, 0.3) is 11.5 Å². The van der Waals surface area contributed by atoms with E-state index in [2.05, 4.69) is 10.3 Å². The molecule has 2 N–H and O–H groups in total. The Bertz CT molecular complexity index is 680. The van der Waals surface area contributed by atoms with Gasteiger partial charge >= 0.3 is 6.18 Å². The number of nitrogens with zero attached hydrogens (tertiary/aromatic N) is 1.